The van der Waals surface area contributed by atoms with Crippen molar-refractivity contribution >= 4 is 40.0 Å². The molecule has 7 heteroatoms. The van der Waals surface area contributed by atoms with Crippen LogP contribution in [0.5, 0.6) is 0 Å². The Morgan fingerprint density at radius 3 is 2.58 bits per heavy atom. The summed E-state index contributed by atoms with van der Waals surface area (Å²) in [4.78, 5) is 43.7. The Morgan fingerprint density at radius 2 is 1.81 bits per heavy atom. The molecule has 0 aliphatic carbocycles. The van der Waals surface area contributed by atoms with Gasteiger partial charge in [0.2, 0.25) is 0 Å². The van der Waals surface area contributed by atoms with Gasteiger partial charge >= 0.3 is 5.97 Å². The van der Waals surface area contributed by atoms with Gasteiger partial charge in [-0.1, -0.05) is 54.1 Å². The Morgan fingerprint density at radius 1 is 1.03 bits per heavy atom. The minimum Gasteiger partial charge on any atom is -0.507 e. The Kier molecular flexibility index (Phi) is 5.90. The molecule has 0 bridgehead atoms. The number of ketones is 1. The number of nitrogens with zero attached hydrogens (tertiary/aromatic N) is 1. The van der Waals surface area contributed by atoms with Crippen molar-refractivity contribution in [2.75, 3.05) is 11.5 Å². The van der Waals surface area contributed by atoms with Crippen LogP contribution in [-0.4, -0.2) is 34.4 Å². The normalized spacial score (nSPS) is 17.1. The van der Waals surface area contributed by atoms with Gasteiger partial charge in [-0.3, -0.25) is 14.5 Å². The van der Waals surface area contributed by atoms with Crippen molar-refractivity contribution in [3.05, 3.63) is 107 Å². The van der Waals surface area contributed by atoms with E-state index in [1.54, 1.807) is 31.3 Å². The van der Waals surface area contributed by atoms with Crippen LogP contribution in [0, 0.1) is 6.92 Å². The molecule has 1 aliphatic rings. The lowest BCUT2D eigenvalue weighted by molar-refractivity contribution is -0.132. The number of hydrogen-bond donors (Lipinski definition) is 2. The van der Waals surface area contributed by atoms with Gasteiger partial charge in [0.25, 0.3) is 11.7 Å². The monoisotopic (exact) mass is 480 g/mol. The van der Waals surface area contributed by atoms with E-state index in [1.807, 2.05) is 55.5 Å². The van der Waals surface area contributed by atoms with Crippen molar-refractivity contribution in [3.63, 3.8) is 0 Å². The third-order valence-electron chi connectivity index (χ3n) is 6.28. The number of carbonyl (C=O) groups is 3. The molecule has 1 aromatic heterocycles. The number of anilines is 1. The van der Waals surface area contributed by atoms with Gasteiger partial charge in [-0.2, -0.15) is 0 Å². The standard InChI is InChI=1S/C29H24N2O5/c1-3-36-29(35)19-10-7-11-20(15-19)31-25(18-9-6-8-17(2)14-18)24(27(33)28(31)34)26(32)22-16-30-23-13-5-4-12-21(22)23/h4-16,25,30,32H,3H2,1-2H3/b26-24-. The van der Waals surface area contributed by atoms with Crippen LogP contribution in [0.1, 0.15) is 40.0 Å². The van der Waals surface area contributed by atoms with Crippen LogP contribution >= 0.6 is 0 Å². The maximum Gasteiger partial charge on any atom is 0.338 e. The van der Waals surface area contributed by atoms with Crippen molar-refractivity contribution in [2.45, 2.75) is 19.9 Å². The molecule has 180 valence electrons. The average Bonchev–Trinajstić information content (AvgIpc) is 3.43. The van der Waals surface area contributed by atoms with E-state index in [2.05, 4.69) is 4.98 Å². The third kappa shape index (κ3) is 3.84. The summed E-state index contributed by atoms with van der Waals surface area (Å²) in [6.45, 7) is 3.83. The maximum atomic E-state index is 13.4. The average molecular weight is 481 g/mol. The number of ether oxygens (including phenoxy) is 1. The van der Waals surface area contributed by atoms with Crippen molar-refractivity contribution in [2.24, 2.45) is 0 Å². The number of fused-ring (bicyclic) bond motifs is 1. The lowest BCUT2D eigenvalue weighted by Gasteiger charge is -2.26. The summed E-state index contributed by atoms with van der Waals surface area (Å²) >= 11 is 0. The summed E-state index contributed by atoms with van der Waals surface area (Å²) in [7, 11) is 0. The third-order valence-corrected chi connectivity index (χ3v) is 6.28. The largest absolute Gasteiger partial charge is 0.507 e. The fourth-order valence-corrected chi connectivity index (χ4v) is 4.66. The number of H-pyrrole nitrogens is 1. The summed E-state index contributed by atoms with van der Waals surface area (Å²) in [5.41, 5.74) is 3.42. The molecule has 1 saturated heterocycles. The highest BCUT2D eigenvalue weighted by Gasteiger charge is 2.47. The number of nitrogens with one attached hydrogen (secondary N) is 1. The van der Waals surface area contributed by atoms with Gasteiger partial charge in [0, 0.05) is 28.4 Å². The van der Waals surface area contributed by atoms with Gasteiger partial charge < -0.3 is 14.8 Å². The lowest BCUT2D eigenvalue weighted by atomic mass is 9.94. The van der Waals surface area contributed by atoms with Crippen LogP contribution in [0.3, 0.4) is 0 Å². The summed E-state index contributed by atoms with van der Waals surface area (Å²) in [5, 5.41) is 12.2. The smallest absolute Gasteiger partial charge is 0.338 e. The van der Waals surface area contributed by atoms with Crippen LogP contribution < -0.4 is 4.90 Å². The Hall–Kier alpha value is -4.65. The molecule has 2 N–H and O–H groups in total. The number of aromatic amines is 1. The van der Waals surface area contributed by atoms with Crippen LogP contribution in [0.15, 0.2) is 84.6 Å². The zero-order chi connectivity index (χ0) is 25.4. The molecule has 4 aromatic rings. The number of esters is 1. The van der Waals surface area contributed by atoms with E-state index in [9.17, 15) is 19.5 Å². The first-order chi connectivity index (χ1) is 17.4. The number of aliphatic hydroxyl groups excluding tert-OH is 1. The molecule has 5 rings (SSSR count). The first-order valence-corrected chi connectivity index (χ1v) is 11.6. The molecule has 0 radical (unpaired) electrons. The molecule has 3 aromatic carbocycles. The van der Waals surface area contributed by atoms with Crippen molar-refractivity contribution in [1.29, 1.82) is 0 Å². The van der Waals surface area contributed by atoms with E-state index in [1.165, 1.54) is 11.0 Å². The number of aryl methyl sites for hydroxylation is 1. The number of benzene rings is 3. The number of carbonyl (C=O) groups excluding carboxylic acids is 3. The molecular weight excluding hydrogens is 456 g/mol. The second-order valence-electron chi connectivity index (χ2n) is 8.60. The number of hydrogen-bond acceptors (Lipinski definition) is 5. The van der Waals surface area contributed by atoms with E-state index < -0.39 is 23.7 Å². The van der Waals surface area contributed by atoms with E-state index in [0.29, 0.717) is 16.8 Å². The fourth-order valence-electron chi connectivity index (χ4n) is 4.66. The summed E-state index contributed by atoms with van der Waals surface area (Å²) in [5.74, 6) is -2.38. The van der Waals surface area contributed by atoms with Gasteiger partial charge in [0.1, 0.15) is 5.76 Å². The predicted molar refractivity (Wildman–Crippen MR) is 137 cm³/mol. The first-order valence-electron chi connectivity index (χ1n) is 11.6. The van der Waals surface area contributed by atoms with Gasteiger partial charge in [-0.25, -0.2) is 4.79 Å². The molecule has 1 atom stereocenters. The van der Waals surface area contributed by atoms with Crippen molar-refractivity contribution in [3.8, 4) is 0 Å². The Bertz CT molecular complexity index is 1550. The molecule has 1 amide bonds. The van der Waals surface area contributed by atoms with Crippen molar-refractivity contribution < 1.29 is 24.2 Å². The lowest BCUT2D eigenvalue weighted by Crippen LogP contribution is -2.29. The minimum atomic E-state index is -0.893. The highest BCUT2D eigenvalue weighted by atomic mass is 16.5. The van der Waals surface area contributed by atoms with E-state index in [0.717, 1.165) is 16.5 Å². The second-order valence-corrected chi connectivity index (χ2v) is 8.60. The second kappa shape index (κ2) is 9.19. The van der Waals surface area contributed by atoms with E-state index >= 15 is 0 Å². The van der Waals surface area contributed by atoms with Crippen LogP contribution in [-0.2, 0) is 14.3 Å². The van der Waals surface area contributed by atoms with E-state index in [4.69, 9.17) is 4.74 Å². The molecule has 1 fully saturated rings. The highest BCUT2D eigenvalue weighted by Crippen LogP contribution is 2.43. The summed E-state index contributed by atoms with van der Waals surface area (Å²) in [6, 6.07) is 20.4. The topological polar surface area (TPSA) is 99.7 Å². The predicted octanol–water partition coefficient (Wildman–Crippen LogP) is 5.28. The molecule has 7 nitrogen and oxygen atoms in total. The van der Waals surface area contributed by atoms with Crippen molar-refractivity contribution in [1.82, 2.24) is 4.98 Å². The number of Topliss-reactive ketones (excluding diaryl/α,β-unsaturated/α-hetero) is 1. The number of aliphatic hydroxyl groups is 1. The number of para-hydroxylation sites is 1. The molecule has 1 aliphatic heterocycles. The van der Waals surface area contributed by atoms with Gasteiger partial charge in [-0.05, 0) is 43.7 Å². The zero-order valence-electron chi connectivity index (χ0n) is 19.8. The molecule has 36 heavy (non-hydrogen) atoms. The summed E-state index contributed by atoms with van der Waals surface area (Å²) < 4.78 is 5.11. The summed E-state index contributed by atoms with van der Waals surface area (Å²) in [6.07, 6.45) is 1.63. The van der Waals surface area contributed by atoms with Gasteiger partial charge in [-0.15, -0.1) is 0 Å². The fraction of sp³-hybridized carbons (Fsp3) is 0.138. The van der Waals surface area contributed by atoms with Crippen LogP contribution in [0.4, 0.5) is 5.69 Å². The molecule has 2 heterocycles. The number of aromatic nitrogens is 1. The van der Waals surface area contributed by atoms with E-state index in [-0.39, 0.29) is 23.5 Å². The number of amides is 1. The molecule has 0 saturated carbocycles. The quantitative estimate of drug-likeness (QED) is 0.175. The number of rotatable bonds is 5. The SMILES string of the molecule is CCOC(=O)c1cccc(N2C(=O)C(=O)/C(=C(\O)c3c[nH]c4ccccc34)C2c2cccc(C)c2)c1. The molecule has 1 unspecified atom stereocenters. The molecule has 0 spiro atoms. The minimum absolute atomic E-state index is 0.0168. The molecular formula is C29H24N2O5. The Balaban J connectivity index is 1.72. The van der Waals surface area contributed by atoms with Crippen LogP contribution in [0.25, 0.3) is 16.7 Å². The first kappa shape index (κ1) is 23.1. The highest BCUT2D eigenvalue weighted by molar-refractivity contribution is 6.51. The van der Waals surface area contributed by atoms with Crippen LogP contribution in [0.2, 0.25) is 0 Å². The van der Waals surface area contributed by atoms with Gasteiger partial charge in [0.05, 0.1) is 23.8 Å². The van der Waals surface area contributed by atoms with Gasteiger partial charge in [0.15, 0.2) is 0 Å². The Labute approximate surface area is 207 Å². The maximum absolute atomic E-state index is 13.4. The zero-order valence-corrected chi connectivity index (χ0v) is 19.8.